The topological polar surface area (TPSA) is 0 Å². The van der Waals surface area contributed by atoms with E-state index in [0.29, 0.717) is 0 Å². The molecule has 0 unspecified atom stereocenters. The molecule has 4 aromatic rings. The Hall–Kier alpha value is -0.0831. The van der Waals surface area contributed by atoms with Crippen molar-refractivity contribution in [1.29, 1.82) is 0 Å². The summed E-state index contributed by atoms with van der Waals surface area (Å²) in [6.07, 6.45) is 0. The third-order valence-electron chi connectivity index (χ3n) is 5.46. The first-order chi connectivity index (χ1) is 14.9. The Morgan fingerprint density at radius 2 is 0.867 bits per heavy atom. The molecule has 150 valence electrons. The Balaban J connectivity index is 1.73. The van der Waals surface area contributed by atoms with Gasteiger partial charge in [0.2, 0.25) is 0 Å². The summed E-state index contributed by atoms with van der Waals surface area (Å²) in [5.74, 6) is 5.29. The van der Waals surface area contributed by atoms with Gasteiger partial charge in [-0.05, 0) is 0 Å². The van der Waals surface area contributed by atoms with Crippen molar-refractivity contribution >= 4 is 95.0 Å². The van der Waals surface area contributed by atoms with E-state index in [9.17, 15) is 0 Å². The van der Waals surface area contributed by atoms with Crippen LogP contribution in [0.25, 0.3) is 32.7 Å². The van der Waals surface area contributed by atoms with Gasteiger partial charge in [-0.15, -0.1) is 0 Å². The number of rotatable bonds is 3. The van der Waals surface area contributed by atoms with Gasteiger partial charge in [-0.25, -0.2) is 0 Å². The number of hydrogen-bond donors (Lipinski definition) is 0. The van der Waals surface area contributed by atoms with Crippen LogP contribution in [-0.4, -0.2) is 47.7 Å². The van der Waals surface area contributed by atoms with E-state index in [1.807, 2.05) is 0 Å². The summed E-state index contributed by atoms with van der Waals surface area (Å²) < 4.78 is 3.35. The van der Waals surface area contributed by atoms with Crippen LogP contribution in [0.4, 0.5) is 0 Å². The predicted molar refractivity (Wildman–Crippen MR) is 147 cm³/mol. The molecular formula is C24H20As2S4. The average molecular weight is 587 g/mol. The fraction of sp³-hybridized carbons (Fsp3) is 0.167. The van der Waals surface area contributed by atoms with Crippen LogP contribution in [0.3, 0.4) is 0 Å². The molecule has 2 aliphatic rings. The van der Waals surface area contributed by atoms with Crippen molar-refractivity contribution in [3.63, 3.8) is 0 Å². The number of hydrogen-bond acceptors (Lipinski definition) is 4. The second kappa shape index (κ2) is 9.04. The molecule has 2 heterocycles. The van der Waals surface area contributed by atoms with E-state index in [2.05, 4.69) is 113 Å². The molecule has 2 aliphatic heterocycles. The van der Waals surface area contributed by atoms with Crippen LogP contribution >= 0.6 is 40.1 Å². The quantitative estimate of drug-likeness (QED) is 0.270. The van der Waals surface area contributed by atoms with Gasteiger partial charge in [0.25, 0.3) is 0 Å². The summed E-state index contributed by atoms with van der Waals surface area (Å²) in [6, 6.07) is 27.9. The normalized spacial score (nSPS) is 18.0. The summed E-state index contributed by atoms with van der Waals surface area (Å²) in [5, 5.41) is 5.68. The second-order valence-corrected chi connectivity index (χ2v) is 30.5. The summed E-state index contributed by atoms with van der Waals surface area (Å²) >= 11 is -2.27. The molecule has 0 amide bonds. The van der Waals surface area contributed by atoms with E-state index >= 15 is 0 Å². The van der Waals surface area contributed by atoms with E-state index in [0.717, 1.165) is 0 Å². The fourth-order valence-electron chi connectivity index (χ4n) is 4.18. The molecule has 0 N–H and O–H groups in total. The molecule has 4 aromatic carbocycles. The molecule has 0 aromatic heterocycles. The summed E-state index contributed by atoms with van der Waals surface area (Å²) in [5.41, 5.74) is 3.15. The van der Waals surface area contributed by atoms with Gasteiger partial charge in [0.05, 0.1) is 0 Å². The van der Waals surface area contributed by atoms with Gasteiger partial charge in [0, 0.05) is 0 Å². The zero-order valence-corrected chi connectivity index (χ0v) is 23.3. The van der Waals surface area contributed by atoms with E-state index in [1.54, 1.807) is 19.8 Å². The molecular weight excluding hydrogens is 566 g/mol. The van der Waals surface area contributed by atoms with Crippen molar-refractivity contribution in [3.05, 3.63) is 72.8 Å². The van der Waals surface area contributed by atoms with Gasteiger partial charge in [-0.1, -0.05) is 0 Å². The Kier molecular flexibility index (Phi) is 6.19. The van der Waals surface area contributed by atoms with E-state index < -0.39 is 24.7 Å². The molecule has 2 fully saturated rings. The molecule has 6 rings (SSSR count). The van der Waals surface area contributed by atoms with Crippen molar-refractivity contribution < 1.29 is 0 Å². The third-order valence-corrected chi connectivity index (χ3v) is 32.8. The van der Waals surface area contributed by atoms with Gasteiger partial charge in [0.15, 0.2) is 0 Å². The van der Waals surface area contributed by atoms with Gasteiger partial charge < -0.3 is 0 Å². The summed E-state index contributed by atoms with van der Waals surface area (Å²) in [4.78, 5) is 0. The first-order valence-electron chi connectivity index (χ1n) is 10.1. The molecule has 0 aliphatic carbocycles. The van der Waals surface area contributed by atoms with Crippen LogP contribution in [-0.2, 0) is 0 Å². The maximum atomic E-state index is 2.49. The molecule has 6 heteroatoms. The van der Waals surface area contributed by atoms with Crippen molar-refractivity contribution in [2.45, 2.75) is 0 Å². The molecule has 0 spiro atoms. The van der Waals surface area contributed by atoms with Gasteiger partial charge >= 0.3 is 202 Å². The molecule has 30 heavy (non-hydrogen) atoms. The van der Waals surface area contributed by atoms with E-state index in [4.69, 9.17) is 0 Å². The van der Waals surface area contributed by atoms with Crippen LogP contribution < -0.4 is 8.70 Å². The van der Waals surface area contributed by atoms with Gasteiger partial charge in [-0.3, -0.25) is 0 Å². The van der Waals surface area contributed by atoms with Crippen LogP contribution in [0.1, 0.15) is 0 Å². The molecule has 0 bridgehead atoms. The SMILES string of the molecule is c1ccc2c(-c3c([As]4SCCS4)ccc4ccccc34)c([As]3SCCS3)ccc2c1. The number of fused-ring (bicyclic) bond motifs is 2. The van der Waals surface area contributed by atoms with Crippen LogP contribution in [0.2, 0.25) is 0 Å². The third kappa shape index (κ3) is 3.70. The summed E-state index contributed by atoms with van der Waals surface area (Å²) in [7, 11) is 9.07. The number of benzene rings is 4. The Morgan fingerprint density at radius 3 is 1.30 bits per heavy atom. The molecule has 0 atom stereocenters. The Labute approximate surface area is 200 Å². The zero-order valence-electron chi connectivity index (χ0n) is 16.3. The Bertz CT molecular complexity index is 1130. The minimum absolute atomic E-state index is 1.13. The molecule has 2 saturated heterocycles. The van der Waals surface area contributed by atoms with Crippen LogP contribution in [0.5, 0.6) is 0 Å². The standard InChI is InChI=1S/C24H20As2S4/c1-3-7-19-17(5-1)9-11-21(25-27-13-14-28-25)23(19)24-20-8-4-2-6-18(20)10-12-22(24)26-29-15-16-30-26/h1-12H,13-16H2. The molecule has 0 saturated carbocycles. The predicted octanol–water partition coefficient (Wildman–Crippen LogP) is 6.01. The second-order valence-electron chi connectivity index (χ2n) is 7.21. The van der Waals surface area contributed by atoms with Crippen molar-refractivity contribution in [1.82, 2.24) is 0 Å². The van der Waals surface area contributed by atoms with E-state index in [-0.39, 0.29) is 0 Å². The average Bonchev–Trinajstić information content (AvgIpc) is 3.52. The first kappa shape index (κ1) is 20.5. The fourth-order valence-corrected chi connectivity index (χ4v) is 33.7. The monoisotopic (exact) mass is 586 g/mol. The van der Waals surface area contributed by atoms with Crippen LogP contribution in [0, 0.1) is 0 Å². The molecule has 0 nitrogen and oxygen atoms in total. The molecule has 0 radical (unpaired) electrons. The van der Waals surface area contributed by atoms with Crippen molar-refractivity contribution in [2.75, 3.05) is 23.0 Å². The first-order valence-corrected chi connectivity index (χ1v) is 24.9. The van der Waals surface area contributed by atoms with Crippen molar-refractivity contribution in [3.8, 4) is 11.1 Å². The van der Waals surface area contributed by atoms with Gasteiger partial charge in [-0.2, -0.15) is 0 Å². The van der Waals surface area contributed by atoms with Gasteiger partial charge in [0.1, 0.15) is 0 Å². The summed E-state index contributed by atoms with van der Waals surface area (Å²) in [6.45, 7) is 0. The van der Waals surface area contributed by atoms with E-state index in [1.165, 1.54) is 44.6 Å². The zero-order chi connectivity index (χ0) is 19.9. The maximum absolute atomic E-state index is 2.49. The minimum atomic E-state index is -1.13. The van der Waals surface area contributed by atoms with Crippen LogP contribution in [0.15, 0.2) is 72.8 Å². The van der Waals surface area contributed by atoms with Crippen molar-refractivity contribution in [2.24, 2.45) is 0 Å². The Morgan fingerprint density at radius 1 is 0.467 bits per heavy atom.